The van der Waals surface area contributed by atoms with Crippen molar-refractivity contribution in [1.82, 2.24) is 4.90 Å². The molecule has 1 atom stereocenters. The van der Waals surface area contributed by atoms with E-state index in [0.29, 0.717) is 6.04 Å². The zero-order chi connectivity index (χ0) is 12.6. The van der Waals surface area contributed by atoms with Crippen molar-refractivity contribution < 1.29 is 0 Å². The largest absolute Gasteiger partial charge is 0.286 e. The maximum atomic E-state index is 3.48. The highest BCUT2D eigenvalue weighted by molar-refractivity contribution is 5.27. The number of piperidine rings is 1. The molecule has 0 amide bonds. The summed E-state index contributed by atoms with van der Waals surface area (Å²) in [5.41, 5.74) is 1.35. The minimum absolute atomic E-state index is 0.304. The van der Waals surface area contributed by atoms with Crippen LogP contribution in [0.4, 0.5) is 0 Å². The van der Waals surface area contributed by atoms with Crippen LogP contribution >= 0.6 is 0 Å². The smallest absolute Gasteiger partial charge is 0.0970 e. The normalized spacial score (nSPS) is 17.8. The monoisotopic (exact) mass is 241 g/mol. The van der Waals surface area contributed by atoms with Crippen molar-refractivity contribution >= 4 is 0 Å². The molecule has 2 rings (SSSR count). The van der Waals surface area contributed by atoms with Gasteiger partial charge in [-0.05, 0) is 37.9 Å². The lowest BCUT2D eigenvalue weighted by molar-refractivity contribution is 0.197. The van der Waals surface area contributed by atoms with E-state index in [1.165, 1.54) is 37.9 Å². The van der Waals surface area contributed by atoms with Gasteiger partial charge < -0.3 is 0 Å². The molecule has 0 bridgehead atoms. The van der Waals surface area contributed by atoms with Gasteiger partial charge in [0, 0.05) is 6.42 Å². The number of hydrogen-bond donors (Lipinski definition) is 0. The highest BCUT2D eigenvalue weighted by Gasteiger charge is 2.19. The van der Waals surface area contributed by atoms with Gasteiger partial charge in [0.2, 0.25) is 0 Å². The molecule has 0 radical (unpaired) electrons. The quantitative estimate of drug-likeness (QED) is 0.723. The van der Waals surface area contributed by atoms with E-state index in [-0.39, 0.29) is 0 Å². The van der Waals surface area contributed by atoms with Crippen LogP contribution in [0.3, 0.4) is 0 Å². The number of nitrogens with zero attached hydrogens (tertiary/aromatic N) is 1. The van der Waals surface area contributed by atoms with Crippen molar-refractivity contribution in [2.45, 2.75) is 45.1 Å². The Bertz CT molecular complexity index is 393. The first-order chi connectivity index (χ1) is 8.92. The van der Waals surface area contributed by atoms with Crippen molar-refractivity contribution in [2.24, 2.45) is 0 Å². The molecular weight excluding hydrogens is 218 g/mol. The lowest BCUT2D eigenvalue weighted by Gasteiger charge is -2.31. The zero-order valence-electron chi connectivity index (χ0n) is 11.4. The van der Waals surface area contributed by atoms with Gasteiger partial charge in [-0.1, -0.05) is 49.6 Å². The molecule has 1 unspecified atom stereocenters. The van der Waals surface area contributed by atoms with Crippen LogP contribution in [0.1, 0.15) is 50.6 Å². The molecule has 1 heteroatoms. The highest BCUT2D eigenvalue weighted by Crippen LogP contribution is 2.23. The fraction of sp³-hybridized carbons (Fsp3) is 0.529. The summed E-state index contributed by atoms with van der Waals surface area (Å²) in [5.74, 6) is 6.82. The molecule has 18 heavy (non-hydrogen) atoms. The summed E-state index contributed by atoms with van der Waals surface area (Å²) in [6.07, 6.45) is 6.17. The Hall–Kier alpha value is -1.26. The standard InChI is InChI=1S/C17H23N/c1-2-3-6-13-17(16-11-7-4-8-12-16)18-14-9-5-10-15-18/h4,7-8,11-12,17H,2-3,5,9-10,14-15H2,1H3. The van der Waals surface area contributed by atoms with E-state index in [1.54, 1.807) is 0 Å². The Morgan fingerprint density at radius 2 is 1.83 bits per heavy atom. The Kier molecular flexibility index (Phi) is 5.30. The molecule has 1 aromatic carbocycles. The van der Waals surface area contributed by atoms with E-state index >= 15 is 0 Å². The third-order valence-corrected chi connectivity index (χ3v) is 3.48. The van der Waals surface area contributed by atoms with Crippen LogP contribution in [0.15, 0.2) is 30.3 Å². The summed E-state index contributed by atoms with van der Waals surface area (Å²) in [6.45, 7) is 4.58. The van der Waals surface area contributed by atoms with Crippen molar-refractivity contribution in [3.63, 3.8) is 0 Å². The Morgan fingerprint density at radius 1 is 1.11 bits per heavy atom. The minimum Gasteiger partial charge on any atom is -0.286 e. The summed E-state index contributed by atoms with van der Waals surface area (Å²) >= 11 is 0. The number of hydrogen-bond acceptors (Lipinski definition) is 1. The Balaban J connectivity index is 2.15. The number of benzene rings is 1. The molecule has 96 valence electrons. The van der Waals surface area contributed by atoms with E-state index < -0.39 is 0 Å². The maximum Gasteiger partial charge on any atom is 0.0970 e. The third-order valence-electron chi connectivity index (χ3n) is 3.48. The molecule has 0 N–H and O–H groups in total. The molecule has 1 aliphatic rings. The van der Waals surface area contributed by atoms with Gasteiger partial charge in [0.1, 0.15) is 0 Å². The second kappa shape index (κ2) is 7.24. The second-order valence-electron chi connectivity index (χ2n) is 4.98. The van der Waals surface area contributed by atoms with Gasteiger partial charge in [0.05, 0.1) is 6.04 Å². The molecule has 1 nitrogen and oxygen atoms in total. The van der Waals surface area contributed by atoms with Crippen LogP contribution in [0.5, 0.6) is 0 Å². The van der Waals surface area contributed by atoms with Gasteiger partial charge >= 0.3 is 0 Å². The van der Waals surface area contributed by atoms with E-state index in [2.05, 4.69) is 54.0 Å². The van der Waals surface area contributed by atoms with E-state index in [1.807, 2.05) is 0 Å². The van der Waals surface area contributed by atoms with Gasteiger partial charge in [-0.3, -0.25) is 4.90 Å². The predicted octanol–water partition coefficient (Wildman–Crippen LogP) is 4.02. The molecule has 0 saturated carbocycles. The topological polar surface area (TPSA) is 3.24 Å². The maximum absolute atomic E-state index is 3.48. The van der Waals surface area contributed by atoms with Gasteiger partial charge in [-0.15, -0.1) is 5.92 Å². The average molecular weight is 241 g/mol. The molecule has 1 aromatic rings. The van der Waals surface area contributed by atoms with Crippen LogP contribution in [-0.2, 0) is 0 Å². The average Bonchev–Trinajstić information content (AvgIpc) is 2.46. The summed E-state index contributed by atoms with van der Waals surface area (Å²) in [6, 6.07) is 11.0. The van der Waals surface area contributed by atoms with E-state index in [9.17, 15) is 0 Å². The third kappa shape index (κ3) is 3.62. The fourth-order valence-electron chi connectivity index (χ4n) is 2.49. The second-order valence-corrected chi connectivity index (χ2v) is 4.98. The number of unbranched alkanes of at least 4 members (excludes halogenated alkanes) is 1. The molecular formula is C17H23N. The molecule has 0 aromatic heterocycles. The number of likely N-dealkylation sites (tertiary alicyclic amines) is 1. The minimum atomic E-state index is 0.304. The summed E-state index contributed by atoms with van der Waals surface area (Å²) < 4.78 is 0. The van der Waals surface area contributed by atoms with Crippen molar-refractivity contribution in [3.8, 4) is 11.8 Å². The summed E-state index contributed by atoms with van der Waals surface area (Å²) in [7, 11) is 0. The molecule has 1 aliphatic heterocycles. The molecule has 1 heterocycles. The van der Waals surface area contributed by atoms with E-state index in [4.69, 9.17) is 0 Å². The van der Waals surface area contributed by atoms with Crippen molar-refractivity contribution in [1.29, 1.82) is 0 Å². The predicted molar refractivity (Wildman–Crippen MR) is 77.3 cm³/mol. The zero-order valence-corrected chi connectivity index (χ0v) is 11.4. The first-order valence-electron chi connectivity index (χ1n) is 7.19. The summed E-state index contributed by atoms with van der Waals surface area (Å²) in [5, 5.41) is 0. The Morgan fingerprint density at radius 3 is 2.50 bits per heavy atom. The first-order valence-corrected chi connectivity index (χ1v) is 7.19. The SMILES string of the molecule is CCCC#CC(c1ccccc1)N1CCCCC1. The molecule has 0 aliphatic carbocycles. The number of rotatable bonds is 3. The van der Waals surface area contributed by atoms with Crippen LogP contribution in [0, 0.1) is 11.8 Å². The van der Waals surface area contributed by atoms with Gasteiger partial charge in [-0.2, -0.15) is 0 Å². The van der Waals surface area contributed by atoms with Gasteiger partial charge in [-0.25, -0.2) is 0 Å². The molecule has 1 saturated heterocycles. The lowest BCUT2D eigenvalue weighted by atomic mass is 10.0. The van der Waals surface area contributed by atoms with Crippen LogP contribution in [0.2, 0.25) is 0 Å². The molecule has 1 fully saturated rings. The highest BCUT2D eigenvalue weighted by atomic mass is 15.2. The molecule has 0 spiro atoms. The van der Waals surface area contributed by atoms with E-state index in [0.717, 1.165) is 12.8 Å². The van der Waals surface area contributed by atoms with Crippen molar-refractivity contribution in [3.05, 3.63) is 35.9 Å². The van der Waals surface area contributed by atoms with Crippen LogP contribution in [0.25, 0.3) is 0 Å². The van der Waals surface area contributed by atoms with Crippen LogP contribution < -0.4 is 0 Å². The fourth-order valence-corrected chi connectivity index (χ4v) is 2.49. The Labute approximate surface area is 111 Å². The van der Waals surface area contributed by atoms with Crippen LogP contribution in [-0.4, -0.2) is 18.0 Å². The van der Waals surface area contributed by atoms with Gasteiger partial charge in [0.25, 0.3) is 0 Å². The summed E-state index contributed by atoms with van der Waals surface area (Å²) in [4.78, 5) is 2.54. The lowest BCUT2D eigenvalue weighted by Crippen LogP contribution is -2.33. The van der Waals surface area contributed by atoms with Gasteiger partial charge in [0.15, 0.2) is 0 Å². The van der Waals surface area contributed by atoms with Crippen molar-refractivity contribution in [2.75, 3.05) is 13.1 Å². The first kappa shape index (κ1) is 13.2.